The van der Waals surface area contributed by atoms with E-state index in [1.807, 2.05) is 36.4 Å². The van der Waals surface area contributed by atoms with Crippen LogP contribution in [0.5, 0.6) is 0 Å². The van der Waals surface area contributed by atoms with Crippen LogP contribution in [0.15, 0.2) is 65.8 Å². The summed E-state index contributed by atoms with van der Waals surface area (Å²) in [6.45, 7) is 1.15. The molecule has 0 bridgehead atoms. The maximum Gasteiger partial charge on any atom is 0.132 e. The standard InChI is InChI=1S/C22H18Cl2N6/c23-16-9-15(10-17(24)11-16)21-29-19-4-2-1-3-18(19)22(30-21)27-8-7-26-20-6-5-14(12-25)13-28-20/h1-6,9-11,13,21,29H,7-8H2,(H,26,28)(H,27,30). The highest BCUT2D eigenvalue weighted by Crippen LogP contribution is 2.29. The number of hydrogen-bond acceptors (Lipinski definition) is 5. The average Bonchev–Trinajstić information content (AvgIpc) is 2.76. The number of aliphatic imine (C=N–C) groups is 1. The monoisotopic (exact) mass is 436 g/mol. The second kappa shape index (κ2) is 9.04. The number of halogens is 2. The molecule has 0 radical (unpaired) electrons. The van der Waals surface area contributed by atoms with Gasteiger partial charge in [0.2, 0.25) is 0 Å². The number of anilines is 2. The first kappa shape index (κ1) is 20.0. The molecule has 3 N–H and O–H groups in total. The molecule has 1 atom stereocenters. The van der Waals surface area contributed by atoms with Gasteiger partial charge in [-0.25, -0.2) is 4.98 Å². The molecule has 0 amide bonds. The lowest BCUT2D eigenvalue weighted by Crippen LogP contribution is -2.39. The summed E-state index contributed by atoms with van der Waals surface area (Å²) in [7, 11) is 0. The Bertz CT molecular complexity index is 1100. The Morgan fingerprint density at radius 2 is 1.87 bits per heavy atom. The van der Waals surface area contributed by atoms with Gasteiger partial charge in [-0.15, -0.1) is 0 Å². The van der Waals surface area contributed by atoms with Gasteiger partial charge >= 0.3 is 0 Å². The summed E-state index contributed by atoms with van der Waals surface area (Å²) in [6, 6.07) is 19.0. The van der Waals surface area contributed by atoms with Gasteiger partial charge < -0.3 is 16.0 Å². The van der Waals surface area contributed by atoms with Crippen LogP contribution >= 0.6 is 23.2 Å². The molecule has 1 aliphatic rings. The zero-order valence-corrected chi connectivity index (χ0v) is 17.4. The number of aromatic nitrogens is 1. The maximum absolute atomic E-state index is 8.85. The van der Waals surface area contributed by atoms with Crippen molar-refractivity contribution >= 4 is 40.5 Å². The number of fused-ring (bicyclic) bond motifs is 1. The third-order valence-corrected chi connectivity index (χ3v) is 5.00. The van der Waals surface area contributed by atoms with E-state index in [0.717, 1.165) is 22.6 Å². The molecule has 150 valence electrons. The number of benzene rings is 2. The lowest BCUT2D eigenvalue weighted by atomic mass is 10.1. The highest BCUT2D eigenvalue weighted by atomic mass is 35.5. The molecule has 1 unspecified atom stereocenters. The molecule has 8 heteroatoms. The van der Waals surface area contributed by atoms with Gasteiger partial charge in [-0.05, 0) is 48.0 Å². The third-order valence-electron chi connectivity index (χ3n) is 4.56. The van der Waals surface area contributed by atoms with E-state index in [4.69, 9.17) is 33.5 Å². The van der Waals surface area contributed by atoms with Gasteiger partial charge in [0.1, 0.15) is 23.9 Å². The van der Waals surface area contributed by atoms with E-state index in [1.54, 1.807) is 24.4 Å². The Morgan fingerprint density at radius 3 is 2.60 bits per heavy atom. The fourth-order valence-electron chi connectivity index (χ4n) is 3.18. The number of pyridine rings is 1. The van der Waals surface area contributed by atoms with Crippen molar-refractivity contribution in [1.29, 1.82) is 5.26 Å². The smallest absolute Gasteiger partial charge is 0.132 e. The first-order chi connectivity index (χ1) is 14.6. The van der Waals surface area contributed by atoms with Gasteiger partial charge in [0.25, 0.3) is 0 Å². The Balaban J connectivity index is 1.49. The fourth-order valence-corrected chi connectivity index (χ4v) is 3.72. The highest BCUT2D eigenvalue weighted by Gasteiger charge is 2.23. The lowest BCUT2D eigenvalue weighted by molar-refractivity contribution is 0.717. The molecule has 6 nitrogen and oxygen atoms in total. The van der Waals surface area contributed by atoms with E-state index in [1.165, 1.54) is 0 Å². The van der Waals surface area contributed by atoms with Crippen molar-refractivity contribution in [2.75, 3.05) is 23.7 Å². The van der Waals surface area contributed by atoms with E-state index < -0.39 is 0 Å². The van der Waals surface area contributed by atoms with Crippen molar-refractivity contribution in [2.45, 2.75) is 6.17 Å². The molecule has 2 aromatic carbocycles. The van der Waals surface area contributed by atoms with Crippen molar-refractivity contribution in [1.82, 2.24) is 10.3 Å². The molecule has 3 aromatic rings. The highest BCUT2D eigenvalue weighted by molar-refractivity contribution is 6.34. The summed E-state index contributed by atoms with van der Waals surface area (Å²) >= 11 is 12.4. The minimum Gasteiger partial charge on any atom is -0.368 e. The van der Waals surface area contributed by atoms with Crippen molar-refractivity contribution in [3.05, 3.63) is 87.5 Å². The molecule has 0 saturated heterocycles. The Kier molecular flexibility index (Phi) is 6.03. The molecule has 2 heterocycles. The number of para-hydroxylation sites is 1. The molecule has 0 fully saturated rings. The van der Waals surface area contributed by atoms with Crippen LogP contribution in [0.3, 0.4) is 0 Å². The van der Waals surface area contributed by atoms with Crippen LogP contribution in [0.4, 0.5) is 11.5 Å². The quantitative estimate of drug-likeness (QED) is 0.498. The first-order valence-electron chi connectivity index (χ1n) is 9.35. The van der Waals surface area contributed by atoms with Gasteiger partial charge in [0.15, 0.2) is 0 Å². The van der Waals surface area contributed by atoms with Gasteiger partial charge in [-0.2, -0.15) is 5.26 Å². The van der Waals surface area contributed by atoms with Gasteiger partial charge in [0, 0.05) is 34.0 Å². The second-order valence-corrected chi connectivity index (χ2v) is 7.54. The normalized spacial score (nSPS) is 16.2. The van der Waals surface area contributed by atoms with Gasteiger partial charge in [-0.3, -0.25) is 4.99 Å². The largest absolute Gasteiger partial charge is 0.368 e. The molecule has 0 aliphatic carbocycles. The van der Waals surface area contributed by atoms with Crippen LogP contribution in [0.1, 0.15) is 22.9 Å². The minimum atomic E-state index is -0.206. The minimum absolute atomic E-state index is 0.206. The average molecular weight is 437 g/mol. The van der Waals surface area contributed by atoms with E-state index in [2.05, 4.69) is 27.0 Å². The molecule has 0 saturated carbocycles. The van der Waals surface area contributed by atoms with Crippen LogP contribution in [-0.4, -0.2) is 23.9 Å². The number of rotatable bonds is 5. The van der Waals surface area contributed by atoms with Crippen LogP contribution in [-0.2, 0) is 0 Å². The first-order valence-corrected chi connectivity index (χ1v) is 10.1. The number of hydrogen-bond donors (Lipinski definition) is 3. The van der Waals surface area contributed by atoms with Crippen LogP contribution in [0, 0.1) is 11.3 Å². The summed E-state index contributed by atoms with van der Waals surface area (Å²) < 4.78 is 0. The molecular weight excluding hydrogens is 419 g/mol. The Labute approximate surface area is 184 Å². The van der Waals surface area contributed by atoms with Crippen molar-refractivity contribution in [3.63, 3.8) is 0 Å². The van der Waals surface area contributed by atoms with Crippen LogP contribution in [0.2, 0.25) is 10.0 Å². The molecule has 1 aliphatic heterocycles. The number of amidine groups is 1. The van der Waals surface area contributed by atoms with Crippen molar-refractivity contribution in [3.8, 4) is 6.07 Å². The van der Waals surface area contributed by atoms with Crippen LogP contribution < -0.4 is 16.0 Å². The molecule has 4 rings (SSSR count). The maximum atomic E-state index is 8.85. The number of nitriles is 1. The Morgan fingerprint density at radius 1 is 1.07 bits per heavy atom. The topological polar surface area (TPSA) is 85.1 Å². The summed E-state index contributed by atoms with van der Waals surface area (Å²) in [5, 5.41) is 20.1. The van der Waals surface area contributed by atoms with Gasteiger partial charge in [0.05, 0.1) is 12.1 Å². The molecule has 1 aromatic heterocycles. The van der Waals surface area contributed by atoms with Gasteiger partial charge in [-0.1, -0.05) is 35.3 Å². The Hall–Kier alpha value is -3.27. The second-order valence-electron chi connectivity index (χ2n) is 6.67. The molecule has 0 spiro atoms. The lowest BCUT2D eigenvalue weighted by Gasteiger charge is -2.30. The summed E-state index contributed by atoms with van der Waals surface area (Å²) in [5.41, 5.74) is 3.44. The van der Waals surface area contributed by atoms with Crippen LogP contribution in [0.25, 0.3) is 0 Å². The van der Waals surface area contributed by atoms with E-state index in [0.29, 0.717) is 34.5 Å². The van der Waals surface area contributed by atoms with Crippen molar-refractivity contribution in [2.24, 2.45) is 4.99 Å². The summed E-state index contributed by atoms with van der Waals surface area (Å²) in [4.78, 5) is 8.96. The zero-order chi connectivity index (χ0) is 20.9. The number of nitrogens with one attached hydrogen (secondary N) is 3. The molecular formula is C22H18Cl2N6. The number of nitrogens with zero attached hydrogens (tertiary/aromatic N) is 3. The zero-order valence-electron chi connectivity index (χ0n) is 15.9. The van der Waals surface area contributed by atoms with E-state index >= 15 is 0 Å². The predicted octanol–water partition coefficient (Wildman–Crippen LogP) is 4.83. The summed E-state index contributed by atoms with van der Waals surface area (Å²) in [6.07, 6.45) is 1.34. The molecule has 30 heavy (non-hydrogen) atoms. The summed E-state index contributed by atoms with van der Waals surface area (Å²) in [5.74, 6) is 1.50. The third kappa shape index (κ3) is 4.65. The van der Waals surface area contributed by atoms with Crippen molar-refractivity contribution < 1.29 is 0 Å². The van der Waals surface area contributed by atoms with E-state index in [-0.39, 0.29) is 6.17 Å². The SMILES string of the molecule is N#Cc1ccc(NCCN=C2NC(c3cc(Cl)cc(Cl)c3)Nc3ccccc32)nc1. The predicted molar refractivity (Wildman–Crippen MR) is 121 cm³/mol. The fraction of sp³-hybridized carbons (Fsp3) is 0.136. The van der Waals surface area contributed by atoms with E-state index in [9.17, 15) is 0 Å².